The van der Waals surface area contributed by atoms with Crippen LogP contribution in [0.25, 0.3) is 0 Å². The summed E-state index contributed by atoms with van der Waals surface area (Å²) in [7, 11) is -3.43. The van der Waals surface area contributed by atoms with Crippen LogP contribution in [0.15, 0.2) is 16.3 Å². The van der Waals surface area contributed by atoms with E-state index >= 15 is 0 Å². The molecule has 0 radical (unpaired) electrons. The number of hydrogen-bond acceptors (Lipinski definition) is 5. The molecule has 1 aromatic heterocycles. The van der Waals surface area contributed by atoms with Crippen LogP contribution in [-0.4, -0.2) is 32.7 Å². The summed E-state index contributed by atoms with van der Waals surface area (Å²) in [5, 5.41) is 5.01. The molecule has 2 N–H and O–H groups in total. The largest absolute Gasteiger partial charge is 0.373 e. The van der Waals surface area contributed by atoms with Crippen molar-refractivity contribution in [3.05, 3.63) is 16.3 Å². The van der Waals surface area contributed by atoms with Crippen molar-refractivity contribution in [1.82, 2.24) is 10.0 Å². The van der Waals surface area contributed by atoms with Gasteiger partial charge in [-0.2, -0.15) is 0 Å². The molecule has 21 heavy (non-hydrogen) atoms. The van der Waals surface area contributed by atoms with Gasteiger partial charge < -0.3 is 10.1 Å². The molecule has 2 aliphatic heterocycles. The molecule has 1 aromatic rings. The minimum atomic E-state index is -3.43. The third-order valence-electron chi connectivity index (χ3n) is 4.04. The lowest BCUT2D eigenvalue weighted by Gasteiger charge is -2.19. The van der Waals surface area contributed by atoms with Crippen LogP contribution in [0.1, 0.15) is 38.0 Å². The first-order valence-corrected chi connectivity index (χ1v) is 9.79. The molecule has 3 atom stereocenters. The van der Waals surface area contributed by atoms with E-state index in [2.05, 4.69) is 23.9 Å². The van der Waals surface area contributed by atoms with Crippen molar-refractivity contribution in [2.45, 2.75) is 68.8 Å². The Morgan fingerprint density at radius 2 is 2.24 bits per heavy atom. The van der Waals surface area contributed by atoms with E-state index in [0.29, 0.717) is 17.5 Å². The fourth-order valence-electron chi connectivity index (χ4n) is 2.93. The van der Waals surface area contributed by atoms with Crippen LogP contribution in [0.2, 0.25) is 0 Å². The van der Waals surface area contributed by atoms with Crippen LogP contribution in [0.3, 0.4) is 0 Å². The first-order chi connectivity index (χ1) is 9.94. The highest BCUT2D eigenvalue weighted by Crippen LogP contribution is 2.35. The van der Waals surface area contributed by atoms with E-state index in [1.54, 1.807) is 11.4 Å². The highest BCUT2D eigenvalue weighted by molar-refractivity contribution is 7.89. The van der Waals surface area contributed by atoms with Gasteiger partial charge in [0.15, 0.2) is 0 Å². The fourth-order valence-corrected chi connectivity index (χ4v) is 5.43. The van der Waals surface area contributed by atoms with Crippen LogP contribution in [-0.2, 0) is 21.3 Å². The molecule has 7 heteroatoms. The van der Waals surface area contributed by atoms with Gasteiger partial charge in [0.05, 0.1) is 23.1 Å². The Morgan fingerprint density at radius 1 is 1.43 bits per heavy atom. The molecular weight excluding hydrogens is 308 g/mol. The topological polar surface area (TPSA) is 67.4 Å². The number of nitrogens with one attached hydrogen (secondary N) is 2. The normalized spacial score (nSPS) is 28.6. The second-order valence-corrected chi connectivity index (χ2v) is 8.83. The summed E-state index contributed by atoms with van der Waals surface area (Å²) in [5.74, 6) is 0. The average Bonchev–Trinajstić information content (AvgIpc) is 3.12. The van der Waals surface area contributed by atoms with Crippen molar-refractivity contribution in [1.29, 1.82) is 0 Å². The maximum absolute atomic E-state index is 12.4. The van der Waals surface area contributed by atoms with Crippen LogP contribution in [0.5, 0.6) is 0 Å². The Bertz CT molecular complexity index is 597. The second kappa shape index (κ2) is 5.96. The van der Waals surface area contributed by atoms with Crippen LogP contribution < -0.4 is 10.0 Å². The quantitative estimate of drug-likeness (QED) is 0.835. The van der Waals surface area contributed by atoms with Gasteiger partial charge in [-0.05, 0) is 25.3 Å². The summed E-state index contributed by atoms with van der Waals surface area (Å²) in [6.07, 6.45) is 3.13. The summed E-state index contributed by atoms with van der Waals surface area (Å²) in [6, 6.07) is 2.08. The number of fused-ring (bicyclic) bond motifs is 2. The molecule has 0 aliphatic carbocycles. The zero-order valence-electron chi connectivity index (χ0n) is 12.3. The van der Waals surface area contributed by atoms with E-state index in [1.807, 2.05) is 0 Å². The number of sulfonamides is 1. The predicted molar refractivity (Wildman–Crippen MR) is 82.9 cm³/mol. The summed E-state index contributed by atoms with van der Waals surface area (Å²) >= 11 is 1.48. The molecule has 0 spiro atoms. The molecule has 118 valence electrons. The third kappa shape index (κ3) is 3.48. The van der Waals surface area contributed by atoms with Gasteiger partial charge in [0.25, 0.3) is 0 Å². The molecule has 2 bridgehead atoms. The second-order valence-electron chi connectivity index (χ2n) is 6.12. The molecular formula is C14H22N2O3S2. The zero-order valence-corrected chi connectivity index (χ0v) is 14.0. The van der Waals surface area contributed by atoms with E-state index in [1.165, 1.54) is 11.3 Å². The van der Waals surface area contributed by atoms with E-state index in [4.69, 9.17) is 4.74 Å². The zero-order chi connectivity index (χ0) is 15.0. The van der Waals surface area contributed by atoms with Crippen LogP contribution in [0.4, 0.5) is 0 Å². The van der Waals surface area contributed by atoms with Crippen molar-refractivity contribution < 1.29 is 13.2 Å². The first kappa shape index (κ1) is 15.4. The molecule has 5 nitrogen and oxygen atoms in total. The highest BCUT2D eigenvalue weighted by Gasteiger charge is 2.42. The number of ether oxygens (including phenoxy) is 1. The minimum absolute atomic E-state index is 0.0606. The van der Waals surface area contributed by atoms with Gasteiger partial charge in [-0.25, -0.2) is 13.1 Å². The van der Waals surface area contributed by atoms with E-state index in [9.17, 15) is 8.42 Å². The smallest absolute Gasteiger partial charge is 0.241 e. The monoisotopic (exact) mass is 330 g/mol. The van der Waals surface area contributed by atoms with Crippen molar-refractivity contribution in [3.8, 4) is 0 Å². The van der Waals surface area contributed by atoms with Gasteiger partial charge in [-0.1, -0.05) is 13.8 Å². The summed E-state index contributed by atoms with van der Waals surface area (Å²) in [6.45, 7) is 4.85. The van der Waals surface area contributed by atoms with Gasteiger partial charge in [-0.3, -0.25) is 0 Å². The van der Waals surface area contributed by atoms with Gasteiger partial charge in [0, 0.05) is 22.8 Å². The van der Waals surface area contributed by atoms with Gasteiger partial charge in [0.1, 0.15) is 0 Å². The average molecular weight is 330 g/mol. The predicted octanol–water partition coefficient (Wildman–Crippen LogP) is 1.84. The number of rotatable bonds is 6. The molecule has 2 aliphatic rings. The molecule has 0 amide bonds. The summed E-state index contributed by atoms with van der Waals surface area (Å²) in [4.78, 5) is 1.41. The Kier molecular flexibility index (Phi) is 4.38. The molecule has 0 aromatic carbocycles. The van der Waals surface area contributed by atoms with Crippen molar-refractivity contribution in [2.75, 3.05) is 0 Å². The third-order valence-corrected chi connectivity index (χ3v) is 6.59. The van der Waals surface area contributed by atoms with Gasteiger partial charge in [0.2, 0.25) is 10.0 Å². The summed E-state index contributed by atoms with van der Waals surface area (Å²) in [5.41, 5.74) is 0. The summed E-state index contributed by atoms with van der Waals surface area (Å²) < 4.78 is 33.4. The van der Waals surface area contributed by atoms with Gasteiger partial charge in [-0.15, -0.1) is 11.3 Å². The Hall–Kier alpha value is -0.470. The lowest BCUT2D eigenvalue weighted by atomic mass is 9.96. The van der Waals surface area contributed by atoms with Crippen molar-refractivity contribution >= 4 is 21.4 Å². The van der Waals surface area contributed by atoms with Crippen molar-refractivity contribution in [2.24, 2.45) is 0 Å². The number of hydrogen-bond donors (Lipinski definition) is 2. The van der Waals surface area contributed by atoms with Crippen LogP contribution in [0, 0.1) is 0 Å². The maximum atomic E-state index is 12.4. The van der Waals surface area contributed by atoms with E-state index in [-0.39, 0.29) is 18.2 Å². The first-order valence-electron chi connectivity index (χ1n) is 7.42. The molecule has 3 heterocycles. The minimum Gasteiger partial charge on any atom is -0.373 e. The van der Waals surface area contributed by atoms with E-state index in [0.717, 1.165) is 24.1 Å². The Balaban J connectivity index is 1.64. The molecule has 3 rings (SSSR count). The lowest BCUT2D eigenvalue weighted by Crippen LogP contribution is -2.41. The SMILES string of the molecule is CC(C)NCc1cc(S(=O)(=O)NC2CC3CCC2O3)cs1. The maximum Gasteiger partial charge on any atom is 0.241 e. The van der Waals surface area contributed by atoms with Crippen LogP contribution >= 0.6 is 11.3 Å². The highest BCUT2D eigenvalue weighted by atomic mass is 32.2. The Morgan fingerprint density at radius 3 is 2.86 bits per heavy atom. The number of thiophene rings is 1. The lowest BCUT2D eigenvalue weighted by molar-refractivity contribution is 0.0996. The fraction of sp³-hybridized carbons (Fsp3) is 0.714. The van der Waals surface area contributed by atoms with E-state index < -0.39 is 10.0 Å². The molecule has 3 unspecified atom stereocenters. The van der Waals surface area contributed by atoms with Gasteiger partial charge >= 0.3 is 0 Å². The van der Waals surface area contributed by atoms with Crippen molar-refractivity contribution in [3.63, 3.8) is 0 Å². The standard InChI is InChI=1S/C14H22N2O3S2/c1-9(2)15-7-11-6-12(8-20-11)21(17,18)16-13-5-10-3-4-14(13)19-10/h6,8-10,13-16H,3-5,7H2,1-2H3. The molecule has 2 fully saturated rings. The Labute approximate surface area is 130 Å². The molecule has 2 saturated heterocycles. The molecule has 0 saturated carbocycles.